The van der Waals surface area contributed by atoms with Crippen LogP contribution in [0.5, 0.6) is 17.2 Å². The highest BCUT2D eigenvalue weighted by Gasteiger charge is 2.77. The molecule has 2 N–H and O–H groups in total. The van der Waals surface area contributed by atoms with E-state index in [1.165, 1.54) is 0 Å². The van der Waals surface area contributed by atoms with Crippen molar-refractivity contribution in [3.8, 4) is 17.2 Å². The van der Waals surface area contributed by atoms with Gasteiger partial charge in [-0.1, -0.05) is 126 Å². The molecule has 0 aliphatic heterocycles. The van der Waals surface area contributed by atoms with Crippen LogP contribution in [0.2, 0.25) is 0 Å². The van der Waals surface area contributed by atoms with Gasteiger partial charge in [-0.15, -0.1) is 0 Å². The van der Waals surface area contributed by atoms with Gasteiger partial charge in [-0.05, 0) is 82.6 Å². The number of fused-ring (bicyclic) bond motifs is 4. The molecule has 5 heteroatoms. The minimum Gasteiger partial charge on any atom is -0.508 e. The van der Waals surface area contributed by atoms with E-state index in [2.05, 4.69) is 52.8 Å². The van der Waals surface area contributed by atoms with Gasteiger partial charge in [-0.3, -0.25) is 9.59 Å². The van der Waals surface area contributed by atoms with Crippen molar-refractivity contribution in [1.82, 2.24) is 0 Å². The molecule has 4 aromatic rings. The molecule has 268 valence electrons. The summed E-state index contributed by atoms with van der Waals surface area (Å²) in [6.45, 7) is 13.0. The first-order valence-corrected chi connectivity index (χ1v) is 18.4. The van der Waals surface area contributed by atoms with Gasteiger partial charge in [0.05, 0.1) is 7.11 Å². The molecule has 5 atom stereocenters. The molecule has 0 spiro atoms. The van der Waals surface area contributed by atoms with Crippen LogP contribution in [0.1, 0.15) is 89.0 Å². The molecule has 5 nitrogen and oxygen atoms in total. The number of allylic oxidation sites excluding steroid dienone is 2. The monoisotopic (exact) mass is 694 g/mol. The number of ether oxygens (including phenoxy) is 1. The third kappa shape index (κ3) is 4.81. The van der Waals surface area contributed by atoms with Crippen LogP contribution in [0.3, 0.4) is 0 Å². The Balaban J connectivity index is 0.000000196. The lowest BCUT2D eigenvalue weighted by Crippen LogP contribution is -2.41. The van der Waals surface area contributed by atoms with E-state index in [1.54, 1.807) is 25.3 Å². The molecule has 4 fully saturated rings. The Labute approximate surface area is 308 Å². The minimum absolute atomic E-state index is 0.105. The molecule has 4 saturated carbocycles. The fourth-order valence-corrected chi connectivity index (χ4v) is 10.5. The van der Waals surface area contributed by atoms with E-state index in [9.17, 15) is 19.8 Å². The molecule has 0 heterocycles. The van der Waals surface area contributed by atoms with E-state index in [1.807, 2.05) is 85.8 Å². The first-order chi connectivity index (χ1) is 24.6. The largest absolute Gasteiger partial charge is 0.508 e. The van der Waals surface area contributed by atoms with Gasteiger partial charge in [0.1, 0.15) is 17.2 Å². The zero-order chi connectivity index (χ0) is 37.3. The Morgan fingerprint density at radius 2 is 1.27 bits per heavy atom. The molecule has 4 bridgehead atoms. The molecule has 5 unspecified atom stereocenters. The zero-order valence-electron chi connectivity index (χ0n) is 31.4. The second-order valence-electron chi connectivity index (χ2n) is 16.7. The molecule has 4 aliphatic rings. The Bertz CT molecular complexity index is 2110. The molecular formula is C47H50O5. The fraction of sp³-hybridized carbons (Fsp3) is 0.362. The number of methoxy groups -OCH3 is 1. The second kappa shape index (κ2) is 12.4. The van der Waals surface area contributed by atoms with Crippen LogP contribution in [-0.4, -0.2) is 28.9 Å². The van der Waals surface area contributed by atoms with Crippen LogP contribution in [0.25, 0.3) is 12.2 Å². The summed E-state index contributed by atoms with van der Waals surface area (Å²) in [6.07, 6.45) is 6.87. The number of carbonyl (C=O) groups is 2. The molecule has 8 rings (SSSR count). The quantitative estimate of drug-likeness (QED) is 0.203. The number of Topliss-reactive ketones (excluding diaryl/α,β-unsaturated/α-hetero) is 2. The Kier molecular flexibility index (Phi) is 8.44. The van der Waals surface area contributed by atoms with Crippen molar-refractivity contribution < 1.29 is 24.5 Å². The van der Waals surface area contributed by atoms with Crippen LogP contribution in [0.4, 0.5) is 0 Å². The Morgan fingerprint density at radius 1 is 0.673 bits per heavy atom. The average molecular weight is 695 g/mol. The highest BCUT2D eigenvalue weighted by molar-refractivity contribution is 6.11. The van der Waals surface area contributed by atoms with E-state index >= 15 is 0 Å². The molecule has 0 aromatic heterocycles. The molecule has 4 aromatic carbocycles. The number of aromatic hydroxyl groups is 2. The molecule has 0 amide bonds. The standard InChI is InChI=1S/C30H30O4.C17H20O/c1-28(2)29(3)18-24(21-15-14-20(34-4)17-26(21)32)30(28,22-12-8-9-13-25(22)31)23(27(29)33)16-19-10-6-5-7-11-19;1-16(2)14-9-10-17(16,3)15(18)13(14)11-12-7-5-4-6-8-12/h5-17,24,31-32H,18H2,1-4H3;4-8,11,14H,9-10H2,1-3H3. The highest BCUT2D eigenvalue weighted by Crippen LogP contribution is 2.78. The number of benzene rings is 4. The van der Waals surface area contributed by atoms with Gasteiger partial charge in [-0.2, -0.15) is 0 Å². The summed E-state index contributed by atoms with van der Waals surface area (Å²) in [5.41, 5.74) is 3.22. The number of para-hydroxylation sites is 1. The summed E-state index contributed by atoms with van der Waals surface area (Å²) in [5.74, 6) is 1.57. The number of carbonyl (C=O) groups excluding carboxylic acids is 2. The van der Waals surface area contributed by atoms with Gasteiger partial charge < -0.3 is 14.9 Å². The van der Waals surface area contributed by atoms with Crippen molar-refractivity contribution in [2.45, 2.75) is 72.1 Å². The van der Waals surface area contributed by atoms with E-state index in [0.717, 1.165) is 40.7 Å². The summed E-state index contributed by atoms with van der Waals surface area (Å²) in [6, 6.07) is 32.7. The number of hydrogen-bond acceptors (Lipinski definition) is 5. The van der Waals surface area contributed by atoms with Gasteiger partial charge in [0, 0.05) is 39.4 Å². The van der Waals surface area contributed by atoms with E-state index in [4.69, 9.17) is 4.74 Å². The van der Waals surface area contributed by atoms with Crippen LogP contribution < -0.4 is 4.74 Å². The minimum atomic E-state index is -0.841. The zero-order valence-corrected chi connectivity index (χ0v) is 31.4. The van der Waals surface area contributed by atoms with Gasteiger partial charge >= 0.3 is 0 Å². The fourth-order valence-electron chi connectivity index (χ4n) is 10.5. The van der Waals surface area contributed by atoms with Crippen molar-refractivity contribution >= 4 is 23.7 Å². The number of hydrogen-bond donors (Lipinski definition) is 2. The van der Waals surface area contributed by atoms with Gasteiger partial charge in [-0.25, -0.2) is 0 Å². The summed E-state index contributed by atoms with van der Waals surface area (Å²) < 4.78 is 5.32. The van der Waals surface area contributed by atoms with Gasteiger partial charge in [0.25, 0.3) is 0 Å². The Hall–Kier alpha value is -4.90. The number of rotatable bonds is 5. The smallest absolute Gasteiger partial charge is 0.166 e. The predicted octanol–water partition coefficient (Wildman–Crippen LogP) is 10.3. The number of phenolic OH excluding ortho intramolecular Hbond substituents is 2. The summed E-state index contributed by atoms with van der Waals surface area (Å²) in [4.78, 5) is 26.8. The molecular weight excluding hydrogens is 645 g/mol. The van der Waals surface area contributed by atoms with Crippen molar-refractivity contribution in [1.29, 1.82) is 0 Å². The van der Waals surface area contributed by atoms with E-state index < -0.39 is 16.2 Å². The molecule has 52 heavy (non-hydrogen) atoms. The lowest BCUT2D eigenvalue weighted by Gasteiger charge is -2.44. The highest BCUT2D eigenvalue weighted by atomic mass is 16.5. The molecule has 0 radical (unpaired) electrons. The summed E-state index contributed by atoms with van der Waals surface area (Å²) in [5, 5.41) is 22.3. The predicted molar refractivity (Wildman–Crippen MR) is 207 cm³/mol. The number of phenols is 2. The van der Waals surface area contributed by atoms with Crippen molar-refractivity contribution in [2.24, 2.45) is 27.6 Å². The molecule has 4 aliphatic carbocycles. The maximum Gasteiger partial charge on any atom is 0.166 e. The van der Waals surface area contributed by atoms with Crippen LogP contribution in [0, 0.1) is 27.6 Å². The van der Waals surface area contributed by atoms with Crippen molar-refractivity contribution in [2.75, 3.05) is 7.11 Å². The Morgan fingerprint density at radius 3 is 1.83 bits per heavy atom. The first-order valence-electron chi connectivity index (χ1n) is 18.4. The van der Waals surface area contributed by atoms with E-state index in [-0.39, 0.29) is 34.0 Å². The van der Waals surface area contributed by atoms with Crippen LogP contribution in [-0.2, 0) is 15.0 Å². The summed E-state index contributed by atoms with van der Waals surface area (Å²) >= 11 is 0. The summed E-state index contributed by atoms with van der Waals surface area (Å²) in [7, 11) is 1.57. The maximum atomic E-state index is 14.1. The third-order valence-corrected chi connectivity index (χ3v) is 14.2. The van der Waals surface area contributed by atoms with Gasteiger partial charge in [0.15, 0.2) is 11.6 Å². The second-order valence-corrected chi connectivity index (χ2v) is 16.7. The van der Waals surface area contributed by atoms with Gasteiger partial charge in [0.2, 0.25) is 0 Å². The average Bonchev–Trinajstić information content (AvgIpc) is 3.58. The SMILES string of the molecule is CC12CCC(C(=Cc3ccccc3)C1=O)C2(C)C.COc1ccc(C2CC3(C)C(=O)C(=Cc4ccccc4)C2(c2ccccc2O)C3(C)C)c(O)c1. The first kappa shape index (κ1) is 35.5. The van der Waals surface area contributed by atoms with Crippen LogP contribution >= 0.6 is 0 Å². The van der Waals surface area contributed by atoms with Crippen molar-refractivity contribution in [3.05, 3.63) is 137 Å². The van der Waals surface area contributed by atoms with E-state index in [0.29, 0.717) is 29.4 Å². The van der Waals surface area contributed by atoms with Crippen LogP contribution in [0.15, 0.2) is 114 Å². The topological polar surface area (TPSA) is 83.8 Å². The molecule has 0 saturated heterocycles. The third-order valence-electron chi connectivity index (χ3n) is 14.2. The number of ketones is 2. The lowest BCUT2D eigenvalue weighted by molar-refractivity contribution is -0.126. The van der Waals surface area contributed by atoms with Crippen molar-refractivity contribution in [3.63, 3.8) is 0 Å². The maximum absolute atomic E-state index is 14.1. The lowest BCUT2D eigenvalue weighted by atomic mass is 9.57. The normalized spacial score (nSPS) is 30.8.